The van der Waals surface area contributed by atoms with E-state index >= 15 is 0 Å². The molecule has 3 rings (SSSR count). The van der Waals surface area contributed by atoms with E-state index in [0.29, 0.717) is 5.88 Å². The maximum absolute atomic E-state index is 5.25. The minimum absolute atomic E-state index is 0.584. The van der Waals surface area contributed by atoms with Crippen molar-refractivity contribution < 1.29 is 4.74 Å². The zero-order valence-corrected chi connectivity index (χ0v) is 9.55. The summed E-state index contributed by atoms with van der Waals surface area (Å²) in [5.41, 5.74) is 0.885. The van der Waals surface area contributed by atoms with E-state index in [0.717, 1.165) is 36.8 Å². The second-order valence-corrected chi connectivity index (χ2v) is 3.83. The molecule has 0 saturated heterocycles. The van der Waals surface area contributed by atoms with Crippen molar-refractivity contribution in [1.29, 1.82) is 0 Å². The fraction of sp³-hybridized carbons (Fsp3) is 0.364. The molecular formula is C11H13N5O. The summed E-state index contributed by atoms with van der Waals surface area (Å²) in [5.74, 6) is 2.37. The predicted molar refractivity (Wildman–Crippen MR) is 61.5 cm³/mol. The molecule has 0 aliphatic carbocycles. The fourth-order valence-corrected chi connectivity index (χ4v) is 2.02. The Morgan fingerprint density at radius 2 is 2.35 bits per heavy atom. The number of nitrogens with one attached hydrogen (secondary N) is 1. The molecule has 3 heterocycles. The Kier molecular flexibility index (Phi) is 2.49. The van der Waals surface area contributed by atoms with Crippen molar-refractivity contribution in [2.45, 2.75) is 13.1 Å². The maximum atomic E-state index is 5.25. The summed E-state index contributed by atoms with van der Waals surface area (Å²) in [6.45, 7) is 2.56. The van der Waals surface area contributed by atoms with Crippen LogP contribution in [0.2, 0.25) is 0 Å². The second-order valence-electron chi connectivity index (χ2n) is 3.83. The molecule has 0 atom stereocenters. The standard InChI is InChI=1S/C11H13N5O/c1-17-11-8(3-2-4-13-11)10-15-14-9-7-12-5-6-16(9)10/h2-4,12H,5-7H2,1H3. The highest BCUT2D eigenvalue weighted by atomic mass is 16.5. The molecule has 17 heavy (non-hydrogen) atoms. The summed E-state index contributed by atoms with van der Waals surface area (Å²) in [7, 11) is 1.61. The Bertz CT molecular complexity index is 536. The lowest BCUT2D eigenvalue weighted by Gasteiger charge is -2.16. The number of methoxy groups -OCH3 is 1. The average Bonchev–Trinajstić information content (AvgIpc) is 2.82. The monoisotopic (exact) mass is 231 g/mol. The number of aromatic nitrogens is 4. The zero-order chi connectivity index (χ0) is 11.7. The highest BCUT2D eigenvalue weighted by Crippen LogP contribution is 2.26. The van der Waals surface area contributed by atoms with E-state index in [1.54, 1.807) is 13.3 Å². The van der Waals surface area contributed by atoms with E-state index in [1.807, 2.05) is 12.1 Å². The molecule has 88 valence electrons. The molecule has 0 bridgehead atoms. The number of rotatable bonds is 2. The molecule has 0 spiro atoms. The van der Waals surface area contributed by atoms with Crippen LogP contribution in [0, 0.1) is 0 Å². The smallest absolute Gasteiger partial charge is 0.224 e. The van der Waals surface area contributed by atoms with Gasteiger partial charge in [0.1, 0.15) is 5.82 Å². The van der Waals surface area contributed by atoms with Crippen LogP contribution in [0.15, 0.2) is 18.3 Å². The molecule has 0 radical (unpaired) electrons. The van der Waals surface area contributed by atoms with Gasteiger partial charge in [-0.15, -0.1) is 10.2 Å². The molecule has 6 nitrogen and oxygen atoms in total. The van der Waals surface area contributed by atoms with Gasteiger partial charge in [0.2, 0.25) is 5.88 Å². The SMILES string of the molecule is COc1ncccc1-c1nnc2n1CCNC2. The minimum atomic E-state index is 0.584. The van der Waals surface area contributed by atoms with Crippen LogP contribution in [0.5, 0.6) is 5.88 Å². The molecule has 1 aliphatic rings. The molecule has 6 heteroatoms. The van der Waals surface area contributed by atoms with Crippen LogP contribution in [-0.4, -0.2) is 33.4 Å². The van der Waals surface area contributed by atoms with E-state index in [9.17, 15) is 0 Å². The lowest BCUT2D eigenvalue weighted by atomic mass is 10.2. The normalized spacial score (nSPS) is 14.4. The van der Waals surface area contributed by atoms with Gasteiger partial charge in [-0.05, 0) is 12.1 Å². The predicted octanol–water partition coefficient (Wildman–Crippen LogP) is 0.452. The summed E-state index contributed by atoms with van der Waals surface area (Å²) < 4.78 is 7.36. The Morgan fingerprint density at radius 1 is 1.41 bits per heavy atom. The fourth-order valence-electron chi connectivity index (χ4n) is 2.02. The van der Waals surface area contributed by atoms with E-state index < -0.39 is 0 Å². The van der Waals surface area contributed by atoms with Gasteiger partial charge in [0.25, 0.3) is 0 Å². The molecular weight excluding hydrogens is 218 g/mol. The number of ether oxygens (including phenoxy) is 1. The van der Waals surface area contributed by atoms with E-state index in [4.69, 9.17) is 4.74 Å². The van der Waals surface area contributed by atoms with Gasteiger partial charge >= 0.3 is 0 Å². The third-order valence-electron chi connectivity index (χ3n) is 2.83. The summed E-state index contributed by atoms with van der Waals surface area (Å²) >= 11 is 0. The van der Waals surface area contributed by atoms with Gasteiger partial charge in [0, 0.05) is 19.3 Å². The van der Waals surface area contributed by atoms with Crippen molar-refractivity contribution in [2.24, 2.45) is 0 Å². The molecule has 0 unspecified atom stereocenters. The van der Waals surface area contributed by atoms with Crippen LogP contribution >= 0.6 is 0 Å². The van der Waals surface area contributed by atoms with Crippen molar-refractivity contribution in [3.63, 3.8) is 0 Å². The Hall–Kier alpha value is -1.95. The summed E-state index contributed by atoms with van der Waals surface area (Å²) in [6, 6.07) is 3.83. The van der Waals surface area contributed by atoms with Gasteiger partial charge in [0.15, 0.2) is 5.82 Å². The molecule has 0 aromatic carbocycles. The average molecular weight is 231 g/mol. The topological polar surface area (TPSA) is 64.9 Å². The Labute approximate surface area is 98.7 Å². The number of fused-ring (bicyclic) bond motifs is 1. The van der Waals surface area contributed by atoms with Crippen molar-refractivity contribution in [3.05, 3.63) is 24.2 Å². The van der Waals surface area contributed by atoms with E-state index in [1.165, 1.54) is 0 Å². The highest BCUT2D eigenvalue weighted by molar-refractivity contribution is 5.61. The maximum Gasteiger partial charge on any atom is 0.224 e. The van der Waals surface area contributed by atoms with Crippen LogP contribution in [0.25, 0.3) is 11.4 Å². The first-order valence-corrected chi connectivity index (χ1v) is 5.52. The zero-order valence-electron chi connectivity index (χ0n) is 9.55. The van der Waals surface area contributed by atoms with Gasteiger partial charge in [-0.1, -0.05) is 0 Å². The number of hydrogen-bond acceptors (Lipinski definition) is 5. The number of hydrogen-bond donors (Lipinski definition) is 1. The van der Waals surface area contributed by atoms with Crippen molar-refractivity contribution in [1.82, 2.24) is 25.1 Å². The van der Waals surface area contributed by atoms with Gasteiger partial charge in [-0.25, -0.2) is 4.98 Å². The van der Waals surface area contributed by atoms with Gasteiger partial charge in [-0.2, -0.15) is 0 Å². The molecule has 1 N–H and O–H groups in total. The first-order chi connectivity index (χ1) is 8.40. The molecule has 0 fully saturated rings. The van der Waals surface area contributed by atoms with Crippen LogP contribution in [-0.2, 0) is 13.1 Å². The first-order valence-electron chi connectivity index (χ1n) is 5.52. The molecule has 0 amide bonds. The molecule has 0 saturated carbocycles. The van der Waals surface area contributed by atoms with Crippen molar-refractivity contribution >= 4 is 0 Å². The van der Waals surface area contributed by atoms with Crippen LogP contribution in [0.3, 0.4) is 0 Å². The highest BCUT2D eigenvalue weighted by Gasteiger charge is 2.19. The lowest BCUT2D eigenvalue weighted by molar-refractivity contribution is 0.399. The van der Waals surface area contributed by atoms with Gasteiger partial charge in [0.05, 0.1) is 19.2 Å². The third-order valence-corrected chi connectivity index (χ3v) is 2.83. The van der Waals surface area contributed by atoms with Crippen LogP contribution in [0.1, 0.15) is 5.82 Å². The van der Waals surface area contributed by atoms with Gasteiger partial charge < -0.3 is 14.6 Å². The summed E-state index contributed by atoms with van der Waals surface area (Å²) in [4.78, 5) is 4.18. The lowest BCUT2D eigenvalue weighted by Crippen LogP contribution is -2.28. The quantitative estimate of drug-likeness (QED) is 0.813. The summed E-state index contributed by atoms with van der Waals surface area (Å²) in [5, 5.41) is 11.7. The number of pyridine rings is 1. The Morgan fingerprint density at radius 3 is 3.24 bits per heavy atom. The molecule has 1 aliphatic heterocycles. The van der Waals surface area contributed by atoms with Gasteiger partial charge in [-0.3, -0.25) is 0 Å². The van der Waals surface area contributed by atoms with E-state index in [2.05, 4.69) is 25.1 Å². The largest absolute Gasteiger partial charge is 0.480 e. The van der Waals surface area contributed by atoms with Crippen LogP contribution < -0.4 is 10.1 Å². The molecule has 2 aromatic heterocycles. The van der Waals surface area contributed by atoms with E-state index in [-0.39, 0.29) is 0 Å². The molecule has 2 aromatic rings. The first kappa shape index (κ1) is 10.2. The number of nitrogens with zero attached hydrogens (tertiary/aromatic N) is 4. The summed E-state index contributed by atoms with van der Waals surface area (Å²) in [6.07, 6.45) is 1.71. The van der Waals surface area contributed by atoms with Crippen molar-refractivity contribution in [2.75, 3.05) is 13.7 Å². The minimum Gasteiger partial charge on any atom is -0.480 e. The van der Waals surface area contributed by atoms with Crippen molar-refractivity contribution in [3.8, 4) is 17.3 Å². The third kappa shape index (κ3) is 1.66. The Balaban J connectivity index is 2.12. The van der Waals surface area contributed by atoms with Crippen LogP contribution in [0.4, 0.5) is 0 Å². The second kappa shape index (κ2) is 4.14.